The molecule has 0 aliphatic rings. The van der Waals surface area contributed by atoms with E-state index in [0.717, 1.165) is 9.25 Å². The van der Waals surface area contributed by atoms with Crippen LogP contribution in [0.1, 0.15) is 5.69 Å². The molecule has 2 rings (SSSR count). The highest BCUT2D eigenvalue weighted by molar-refractivity contribution is 5.26. The van der Waals surface area contributed by atoms with Crippen molar-refractivity contribution >= 4 is 0 Å². The lowest BCUT2D eigenvalue weighted by molar-refractivity contribution is 0.630. The fourth-order valence-corrected chi connectivity index (χ4v) is 1.31. The molecule has 0 amide bonds. The highest BCUT2D eigenvalue weighted by Gasteiger charge is 2.08. The van der Waals surface area contributed by atoms with Crippen molar-refractivity contribution in [3.63, 3.8) is 0 Å². The van der Waals surface area contributed by atoms with Crippen LogP contribution in [0.15, 0.2) is 29.3 Å². The standard InChI is InChI=1S/C10H8N6O/c1-15-9(12)8(5-11)14-16(10(15)17)7-3-2-4-13-6-7/h2-4,6,12H,1H3. The quantitative estimate of drug-likeness (QED) is 0.698. The first-order valence-electron chi connectivity index (χ1n) is 4.70. The zero-order valence-corrected chi connectivity index (χ0v) is 8.95. The maximum absolute atomic E-state index is 11.9. The number of hydrogen-bond acceptors (Lipinski definition) is 5. The van der Waals surface area contributed by atoms with Gasteiger partial charge in [0.1, 0.15) is 6.07 Å². The van der Waals surface area contributed by atoms with Gasteiger partial charge < -0.3 is 0 Å². The molecule has 0 aromatic carbocycles. The fraction of sp³-hybridized carbons (Fsp3) is 0.100. The second-order valence-electron chi connectivity index (χ2n) is 3.27. The maximum Gasteiger partial charge on any atom is 0.350 e. The molecule has 0 unspecified atom stereocenters. The molecule has 17 heavy (non-hydrogen) atoms. The van der Waals surface area contributed by atoms with Crippen LogP contribution in [0.25, 0.3) is 5.69 Å². The molecular weight excluding hydrogens is 220 g/mol. The molecule has 7 heteroatoms. The van der Waals surface area contributed by atoms with E-state index in [1.807, 2.05) is 0 Å². The molecule has 2 aromatic rings. The number of nitrogens with zero attached hydrogens (tertiary/aromatic N) is 5. The monoisotopic (exact) mass is 228 g/mol. The lowest BCUT2D eigenvalue weighted by Crippen LogP contribution is -2.40. The van der Waals surface area contributed by atoms with E-state index >= 15 is 0 Å². The SMILES string of the molecule is Cn1c(=N)c(C#N)nn(-c2cccnc2)c1=O. The molecule has 0 spiro atoms. The molecule has 0 saturated carbocycles. The largest absolute Gasteiger partial charge is 0.350 e. The second-order valence-corrected chi connectivity index (χ2v) is 3.27. The van der Waals surface area contributed by atoms with Crippen LogP contribution in [-0.4, -0.2) is 19.3 Å². The summed E-state index contributed by atoms with van der Waals surface area (Å²) in [5.74, 6) is 0. The third kappa shape index (κ3) is 1.72. The Kier molecular flexibility index (Phi) is 2.54. The summed E-state index contributed by atoms with van der Waals surface area (Å²) >= 11 is 0. The maximum atomic E-state index is 11.9. The summed E-state index contributed by atoms with van der Waals surface area (Å²) in [5.41, 5.74) is -0.375. The zero-order valence-electron chi connectivity index (χ0n) is 8.95. The first-order chi connectivity index (χ1) is 8.15. The predicted molar refractivity (Wildman–Crippen MR) is 57.2 cm³/mol. The number of hydrogen-bond donors (Lipinski definition) is 1. The van der Waals surface area contributed by atoms with E-state index in [4.69, 9.17) is 10.7 Å². The molecule has 84 valence electrons. The highest BCUT2D eigenvalue weighted by Crippen LogP contribution is 1.98. The van der Waals surface area contributed by atoms with Gasteiger partial charge in [0.05, 0.1) is 11.9 Å². The van der Waals surface area contributed by atoms with E-state index < -0.39 is 5.69 Å². The van der Waals surface area contributed by atoms with Crippen LogP contribution in [0.2, 0.25) is 0 Å². The van der Waals surface area contributed by atoms with Crippen LogP contribution in [0.4, 0.5) is 0 Å². The number of aromatic nitrogens is 4. The van der Waals surface area contributed by atoms with E-state index in [9.17, 15) is 4.79 Å². The second kappa shape index (κ2) is 4.02. The van der Waals surface area contributed by atoms with Gasteiger partial charge in [0.25, 0.3) is 0 Å². The van der Waals surface area contributed by atoms with Gasteiger partial charge >= 0.3 is 5.69 Å². The van der Waals surface area contributed by atoms with Crippen molar-refractivity contribution in [2.24, 2.45) is 7.05 Å². The number of nitrogens with one attached hydrogen (secondary N) is 1. The molecular formula is C10H8N6O. The van der Waals surface area contributed by atoms with Gasteiger partial charge in [0.2, 0.25) is 5.69 Å². The Morgan fingerprint density at radius 3 is 2.88 bits per heavy atom. The Hall–Kier alpha value is -2.75. The molecule has 0 aliphatic carbocycles. The molecule has 1 N–H and O–H groups in total. The van der Waals surface area contributed by atoms with Crippen LogP contribution in [0.3, 0.4) is 0 Å². The zero-order chi connectivity index (χ0) is 12.4. The van der Waals surface area contributed by atoms with Crippen LogP contribution in [0, 0.1) is 16.7 Å². The van der Waals surface area contributed by atoms with Crippen molar-refractivity contribution in [2.45, 2.75) is 0 Å². The van der Waals surface area contributed by atoms with Crippen molar-refractivity contribution in [1.82, 2.24) is 19.3 Å². The number of nitriles is 1. The van der Waals surface area contributed by atoms with Crippen LogP contribution < -0.4 is 11.2 Å². The highest BCUT2D eigenvalue weighted by atomic mass is 16.2. The molecule has 0 atom stereocenters. The van der Waals surface area contributed by atoms with Gasteiger partial charge in [0.15, 0.2) is 5.49 Å². The summed E-state index contributed by atoms with van der Waals surface area (Å²) < 4.78 is 2.10. The third-order valence-corrected chi connectivity index (χ3v) is 2.22. The van der Waals surface area contributed by atoms with E-state index in [-0.39, 0.29) is 11.2 Å². The Morgan fingerprint density at radius 1 is 1.53 bits per heavy atom. The minimum absolute atomic E-state index is 0.115. The minimum Gasteiger partial charge on any atom is -0.282 e. The lowest BCUT2D eigenvalue weighted by atomic mass is 10.4. The Labute approximate surface area is 95.7 Å². The van der Waals surface area contributed by atoms with E-state index in [1.165, 1.54) is 13.2 Å². The fourth-order valence-electron chi connectivity index (χ4n) is 1.31. The molecule has 7 nitrogen and oxygen atoms in total. The number of rotatable bonds is 1. The average molecular weight is 228 g/mol. The van der Waals surface area contributed by atoms with Crippen molar-refractivity contribution in [1.29, 1.82) is 10.7 Å². The summed E-state index contributed by atoms with van der Waals surface area (Å²) in [5, 5.41) is 20.2. The van der Waals surface area contributed by atoms with Crippen molar-refractivity contribution in [3.8, 4) is 11.8 Å². The Bertz CT molecular complexity index is 706. The normalized spacial score (nSPS) is 9.88. The summed E-state index contributed by atoms with van der Waals surface area (Å²) in [6.45, 7) is 0. The predicted octanol–water partition coefficient (Wildman–Crippen LogP) is -0.683. The minimum atomic E-state index is -0.498. The summed E-state index contributed by atoms with van der Waals surface area (Å²) in [4.78, 5) is 15.7. The average Bonchev–Trinajstić information content (AvgIpc) is 2.37. The van der Waals surface area contributed by atoms with Crippen LogP contribution >= 0.6 is 0 Å². The third-order valence-electron chi connectivity index (χ3n) is 2.22. The van der Waals surface area contributed by atoms with Gasteiger partial charge in [-0.15, -0.1) is 5.10 Å². The topological polar surface area (TPSA) is 100 Å². The molecule has 0 bridgehead atoms. The van der Waals surface area contributed by atoms with Gasteiger partial charge in [-0.05, 0) is 12.1 Å². The van der Waals surface area contributed by atoms with Crippen molar-refractivity contribution in [3.05, 3.63) is 46.2 Å². The summed E-state index contributed by atoms with van der Waals surface area (Å²) in [6.07, 6.45) is 3.03. The molecule has 0 aliphatic heterocycles. The molecule has 0 radical (unpaired) electrons. The molecule has 0 saturated heterocycles. The van der Waals surface area contributed by atoms with E-state index in [2.05, 4.69) is 10.1 Å². The Morgan fingerprint density at radius 2 is 2.29 bits per heavy atom. The smallest absolute Gasteiger partial charge is 0.282 e. The van der Waals surface area contributed by atoms with Crippen molar-refractivity contribution < 1.29 is 0 Å². The summed E-state index contributed by atoms with van der Waals surface area (Å²) in [7, 11) is 1.42. The first-order valence-corrected chi connectivity index (χ1v) is 4.70. The van der Waals surface area contributed by atoms with E-state index in [1.54, 1.807) is 24.4 Å². The lowest BCUT2D eigenvalue weighted by Gasteiger charge is -2.06. The van der Waals surface area contributed by atoms with Gasteiger partial charge in [-0.2, -0.15) is 9.94 Å². The van der Waals surface area contributed by atoms with Gasteiger partial charge in [0, 0.05) is 13.2 Å². The van der Waals surface area contributed by atoms with Crippen molar-refractivity contribution in [2.75, 3.05) is 0 Å². The molecule has 2 heterocycles. The van der Waals surface area contributed by atoms with Crippen LogP contribution in [0.5, 0.6) is 0 Å². The van der Waals surface area contributed by atoms with E-state index in [0.29, 0.717) is 5.69 Å². The van der Waals surface area contributed by atoms with Gasteiger partial charge in [-0.1, -0.05) is 0 Å². The molecule has 2 aromatic heterocycles. The Balaban J connectivity index is 2.82. The van der Waals surface area contributed by atoms with Crippen LogP contribution in [-0.2, 0) is 7.05 Å². The number of pyridine rings is 1. The van der Waals surface area contributed by atoms with Gasteiger partial charge in [-0.25, -0.2) is 4.79 Å². The first kappa shape index (κ1) is 10.8. The summed E-state index contributed by atoms with van der Waals surface area (Å²) in [6, 6.07) is 5.08. The van der Waals surface area contributed by atoms with Gasteiger partial charge in [-0.3, -0.25) is 15.0 Å². The molecule has 0 fully saturated rings.